The van der Waals surface area contributed by atoms with Crippen molar-refractivity contribution in [1.29, 1.82) is 0 Å². The van der Waals surface area contributed by atoms with E-state index in [1.807, 2.05) is 0 Å². The van der Waals surface area contributed by atoms with Gasteiger partial charge in [-0.05, 0) is 31.9 Å². The summed E-state index contributed by atoms with van der Waals surface area (Å²) in [6.07, 6.45) is -0.522. The Hall–Kier alpha value is -1.30. The van der Waals surface area contributed by atoms with E-state index in [2.05, 4.69) is 5.32 Å². The van der Waals surface area contributed by atoms with Gasteiger partial charge in [0.05, 0.1) is 5.56 Å². The minimum atomic E-state index is -4.40. The zero-order valence-electron chi connectivity index (χ0n) is 9.83. The van der Waals surface area contributed by atoms with Gasteiger partial charge in [-0.2, -0.15) is 13.2 Å². The zero-order valence-corrected chi connectivity index (χ0v) is 9.83. The van der Waals surface area contributed by atoms with Crippen LogP contribution in [0.1, 0.15) is 24.8 Å². The van der Waals surface area contributed by atoms with Crippen molar-refractivity contribution in [1.82, 2.24) is 9.88 Å². The molecule has 100 valence electrons. The summed E-state index contributed by atoms with van der Waals surface area (Å²) in [5, 5.41) is 3.25. The van der Waals surface area contributed by atoms with Crippen LogP contribution in [0.4, 0.5) is 13.2 Å². The minimum Gasteiger partial charge on any atom is -0.315 e. The number of hydrogen-bond donors (Lipinski definition) is 1. The normalized spacial score (nSPS) is 15.9. The Morgan fingerprint density at radius 3 is 2.67 bits per heavy atom. The molecule has 0 atom stereocenters. The molecule has 0 radical (unpaired) electrons. The largest absolute Gasteiger partial charge is 0.417 e. The van der Waals surface area contributed by atoms with Gasteiger partial charge in [-0.1, -0.05) is 0 Å². The van der Waals surface area contributed by atoms with Crippen LogP contribution in [-0.4, -0.2) is 17.2 Å². The van der Waals surface area contributed by atoms with E-state index in [0.717, 1.165) is 29.4 Å². The molecule has 0 amide bonds. The second-order valence-electron chi connectivity index (χ2n) is 4.53. The molecule has 1 aromatic rings. The Balaban J connectivity index is 1.95. The first-order valence-corrected chi connectivity index (χ1v) is 5.98. The van der Waals surface area contributed by atoms with Crippen molar-refractivity contribution in [2.75, 3.05) is 6.54 Å². The van der Waals surface area contributed by atoms with E-state index < -0.39 is 17.3 Å². The summed E-state index contributed by atoms with van der Waals surface area (Å²) >= 11 is 0. The maximum Gasteiger partial charge on any atom is 0.417 e. The molecule has 1 fully saturated rings. The lowest BCUT2D eigenvalue weighted by Crippen LogP contribution is -2.24. The quantitative estimate of drug-likeness (QED) is 0.822. The zero-order chi connectivity index (χ0) is 13.2. The van der Waals surface area contributed by atoms with Crippen molar-refractivity contribution >= 4 is 0 Å². The molecule has 1 aliphatic rings. The molecule has 18 heavy (non-hydrogen) atoms. The average molecular weight is 260 g/mol. The number of hydrogen-bond acceptors (Lipinski definition) is 2. The Kier molecular flexibility index (Phi) is 3.75. The van der Waals surface area contributed by atoms with E-state index in [1.54, 1.807) is 0 Å². The minimum absolute atomic E-state index is 0.308. The second-order valence-corrected chi connectivity index (χ2v) is 4.53. The van der Waals surface area contributed by atoms with Gasteiger partial charge in [0, 0.05) is 24.8 Å². The summed E-state index contributed by atoms with van der Waals surface area (Å²) < 4.78 is 38.5. The lowest BCUT2D eigenvalue weighted by atomic mass is 10.2. The van der Waals surface area contributed by atoms with Crippen LogP contribution >= 0.6 is 0 Å². The number of aromatic nitrogens is 1. The number of halogens is 3. The van der Waals surface area contributed by atoms with Crippen LogP contribution in [-0.2, 0) is 12.7 Å². The number of nitrogens with zero attached hydrogens (tertiary/aromatic N) is 1. The molecule has 0 unspecified atom stereocenters. The number of aryl methyl sites for hydroxylation is 1. The molecular formula is C12H15F3N2O. The highest BCUT2D eigenvalue weighted by Gasteiger charge is 2.30. The maximum absolute atomic E-state index is 12.5. The molecule has 2 rings (SSSR count). The van der Waals surface area contributed by atoms with Gasteiger partial charge in [0.15, 0.2) is 0 Å². The van der Waals surface area contributed by atoms with Crippen molar-refractivity contribution in [2.45, 2.75) is 38.0 Å². The molecule has 1 heterocycles. The highest BCUT2D eigenvalue weighted by Crippen LogP contribution is 2.28. The summed E-state index contributed by atoms with van der Waals surface area (Å²) in [5.41, 5.74) is -1.17. The second kappa shape index (κ2) is 5.14. The highest BCUT2D eigenvalue weighted by molar-refractivity contribution is 5.13. The van der Waals surface area contributed by atoms with Gasteiger partial charge in [0.1, 0.15) is 0 Å². The molecule has 0 aliphatic heterocycles. The summed E-state index contributed by atoms with van der Waals surface area (Å²) in [6.45, 7) is 1.04. The van der Waals surface area contributed by atoms with Crippen molar-refractivity contribution in [2.24, 2.45) is 0 Å². The monoisotopic (exact) mass is 260 g/mol. The predicted molar refractivity (Wildman–Crippen MR) is 61.3 cm³/mol. The van der Waals surface area contributed by atoms with Gasteiger partial charge in [-0.15, -0.1) is 0 Å². The fraction of sp³-hybridized carbons (Fsp3) is 0.583. The third-order valence-corrected chi connectivity index (χ3v) is 2.90. The molecule has 3 nitrogen and oxygen atoms in total. The van der Waals surface area contributed by atoms with Gasteiger partial charge >= 0.3 is 6.18 Å². The lowest BCUT2D eigenvalue weighted by Gasteiger charge is -2.10. The first-order valence-electron chi connectivity index (χ1n) is 5.98. The molecule has 1 aliphatic carbocycles. The van der Waals surface area contributed by atoms with Crippen LogP contribution in [0.15, 0.2) is 23.1 Å². The Labute approximate surface area is 103 Å². The van der Waals surface area contributed by atoms with Gasteiger partial charge < -0.3 is 9.88 Å². The van der Waals surface area contributed by atoms with Crippen LogP contribution in [0.25, 0.3) is 0 Å². The molecular weight excluding hydrogens is 245 g/mol. The molecule has 1 aromatic heterocycles. The van der Waals surface area contributed by atoms with Gasteiger partial charge in [-0.25, -0.2) is 0 Å². The molecule has 0 spiro atoms. The summed E-state index contributed by atoms with van der Waals surface area (Å²) in [5.74, 6) is 0. The molecule has 6 heteroatoms. The third-order valence-electron chi connectivity index (χ3n) is 2.90. The summed E-state index contributed by atoms with van der Waals surface area (Å²) in [6, 6.07) is 2.36. The predicted octanol–water partition coefficient (Wildman–Crippen LogP) is 2.01. The standard InChI is InChI=1S/C12H15F3N2O/c13-12(14,15)9-2-5-11(18)17(8-9)7-1-6-16-10-3-4-10/h2,5,8,10,16H,1,3-4,6-7H2. The van der Waals surface area contributed by atoms with E-state index in [9.17, 15) is 18.0 Å². The highest BCUT2D eigenvalue weighted by atomic mass is 19.4. The van der Waals surface area contributed by atoms with Crippen molar-refractivity contribution in [3.8, 4) is 0 Å². The van der Waals surface area contributed by atoms with Gasteiger partial charge in [-0.3, -0.25) is 4.79 Å². The Bertz CT molecular complexity index is 463. The van der Waals surface area contributed by atoms with Crippen LogP contribution < -0.4 is 10.9 Å². The van der Waals surface area contributed by atoms with Gasteiger partial charge in [0.25, 0.3) is 5.56 Å². The lowest BCUT2D eigenvalue weighted by molar-refractivity contribution is -0.138. The van der Waals surface area contributed by atoms with E-state index in [0.29, 0.717) is 19.0 Å². The number of nitrogens with one attached hydrogen (secondary N) is 1. The number of rotatable bonds is 5. The van der Waals surface area contributed by atoms with Crippen LogP contribution in [0.2, 0.25) is 0 Å². The average Bonchev–Trinajstić information content (AvgIpc) is 3.09. The Morgan fingerprint density at radius 1 is 1.33 bits per heavy atom. The van der Waals surface area contributed by atoms with Crippen molar-refractivity contribution in [3.63, 3.8) is 0 Å². The number of pyridine rings is 1. The summed E-state index contributed by atoms with van der Waals surface area (Å²) in [4.78, 5) is 11.4. The number of alkyl halides is 3. The molecule has 1 saturated carbocycles. The first-order chi connectivity index (χ1) is 8.47. The van der Waals surface area contributed by atoms with Gasteiger partial charge in [0.2, 0.25) is 0 Å². The van der Waals surface area contributed by atoms with E-state index in [-0.39, 0.29) is 0 Å². The third kappa shape index (κ3) is 3.60. The first kappa shape index (κ1) is 13.1. The van der Waals surface area contributed by atoms with Crippen LogP contribution in [0, 0.1) is 0 Å². The fourth-order valence-corrected chi connectivity index (χ4v) is 1.72. The molecule has 1 N–H and O–H groups in total. The van der Waals surface area contributed by atoms with E-state index >= 15 is 0 Å². The topological polar surface area (TPSA) is 34.0 Å². The Morgan fingerprint density at radius 2 is 2.06 bits per heavy atom. The smallest absolute Gasteiger partial charge is 0.315 e. The maximum atomic E-state index is 12.5. The van der Waals surface area contributed by atoms with E-state index in [4.69, 9.17) is 0 Å². The molecule has 0 saturated heterocycles. The molecule has 0 bridgehead atoms. The van der Waals surface area contributed by atoms with Crippen molar-refractivity contribution in [3.05, 3.63) is 34.2 Å². The SMILES string of the molecule is O=c1ccc(C(F)(F)F)cn1CCCNC1CC1. The van der Waals surface area contributed by atoms with Crippen molar-refractivity contribution < 1.29 is 13.2 Å². The molecule has 0 aromatic carbocycles. The van der Waals surface area contributed by atoms with E-state index in [1.165, 1.54) is 12.8 Å². The summed E-state index contributed by atoms with van der Waals surface area (Å²) in [7, 11) is 0. The fourth-order valence-electron chi connectivity index (χ4n) is 1.72. The van der Waals surface area contributed by atoms with Crippen LogP contribution in [0.5, 0.6) is 0 Å². The van der Waals surface area contributed by atoms with Crippen LogP contribution in [0.3, 0.4) is 0 Å².